The van der Waals surface area contributed by atoms with E-state index < -0.39 is 17.9 Å². The average Bonchev–Trinajstić information content (AvgIpc) is 2.90. The van der Waals surface area contributed by atoms with E-state index in [1.165, 1.54) is 0 Å². The van der Waals surface area contributed by atoms with Gasteiger partial charge in [-0.25, -0.2) is 4.79 Å². The van der Waals surface area contributed by atoms with Gasteiger partial charge in [-0.1, -0.05) is 31.1 Å². The van der Waals surface area contributed by atoms with Crippen LogP contribution in [-0.4, -0.2) is 33.2 Å². The second-order valence-electron chi connectivity index (χ2n) is 5.25. The molecule has 0 saturated heterocycles. The van der Waals surface area contributed by atoms with E-state index in [2.05, 4.69) is 15.5 Å². The first-order valence-corrected chi connectivity index (χ1v) is 6.83. The van der Waals surface area contributed by atoms with Crippen molar-refractivity contribution in [1.29, 1.82) is 0 Å². The summed E-state index contributed by atoms with van der Waals surface area (Å²) < 4.78 is 4.91. The largest absolute Gasteiger partial charge is 0.480 e. The van der Waals surface area contributed by atoms with Crippen molar-refractivity contribution in [3.63, 3.8) is 0 Å². The van der Waals surface area contributed by atoms with Gasteiger partial charge in [0.05, 0.1) is 0 Å². The zero-order valence-electron chi connectivity index (χ0n) is 12.5. The van der Waals surface area contributed by atoms with Crippen LogP contribution >= 0.6 is 0 Å². The number of aromatic nitrogens is 2. The quantitative estimate of drug-likeness (QED) is 0.873. The first-order valence-electron chi connectivity index (χ1n) is 6.83. The third-order valence-electron chi connectivity index (χ3n) is 3.13. The first kappa shape index (κ1) is 15.7. The topological polar surface area (TPSA) is 105 Å². The fraction of sp³-hybridized carbons (Fsp3) is 0.333. The lowest BCUT2D eigenvalue weighted by Crippen LogP contribution is -2.44. The molecule has 1 aromatic carbocycles. The van der Waals surface area contributed by atoms with Crippen LogP contribution in [0.4, 0.5) is 0 Å². The molecule has 1 amide bonds. The van der Waals surface area contributed by atoms with Crippen molar-refractivity contribution in [2.45, 2.75) is 26.8 Å². The molecule has 0 aliphatic carbocycles. The van der Waals surface area contributed by atoms with Gasteiger partial charge in [-0.15, -0.1) is 0 Å². The van der Waals surface area contributed by atoms with Crippen molar-refractivity contribution < 1.29 is 19.2 Å². The van der Waals surface area contributed by atoms with Gasteiger partial charge in [0.2, 0.25) is 11.7 Å². The molecule has 0 radical (unpaired) electrons. The number of carboxylic acids is 1. The van der Waals surface area contributed by atoms with Gasteiger partial charge in [0, 0.05) is 18.1 Å². The fourth-order valence-electron chi connectivity index (χ4n) is 1.95. The maximum Gasteiger partial charge on any atom is 0.326 e. The van der Waals surface area contributed by atoms with E-state index in [4.69, 9.17) is 9.63 Å². The molecule has 2 rings (SSSR count). The van der Waals surface area contributed by atoms with Crippen LogP contribution in [0.2, 0.25) is 0 Å². The molecule has 0 unspecified atom stereocenters. The Labute approximate surface area is 127 Å². The second kappa shape index (κ2) is 6.38. The summed E-state index contributed by atoms with van der Waals surface area (Å²) in [5.41, 5.74) is 0.966. The molecule has 1 atom stereocenters. The molecule has 1 aromatic heterocycles. The Kier molecular flexibility index (Phi) is 4.55. The summed E-state index contributed by atoms with van der Waals surface area (Å²) in [6, 6.07) is 5.69. The molecular weight excluding hydrogens is 286 g/mol. The summed E-state index contributed by atoms with van der Waals surface area (Å²) in [6.45, 7) is 5.14. The van der Waals surface area contributed by atoms with Crippen molar-refractivity contribution in [1.82, 2.24) is 15.5 Å². The zero-order valence-corrected chi connectivity index (χ0v) is 12.5. The summed E-state index contributed by atoms with van der Waals surface area (Å²) in [7, 11) is 0. The third kappa shape index (κ3) is 3.49. The number of carbonyl (C=O) groups is 2. The normalized spacial score (nSPS) is 12.2. The molecule has 1 heterocycles. The van der Waals surface area contributed by atoms with Crippen molar-refractivity contribution in [2.75, 3.05) is 0 Å². The Bertz CT molecular complexity index is 694. The fourth-order valence-corrected chi connectivity index (χ4v) is 1.95. The second-order valence-corrected chi connectivity index (χ2v) is 5.25. The van der Waals surface area contributed by atoms with Crippen LogP contribution in [0.1, 0.15) is 30.1 Å². The summed E-state index contributed by atoms with van der Waals surface area (Å²) in [5.74, 6) is -0.928. The predicted octanol–water partition coefficient (Wildman–Crippen LogP) is 1.88. The molecule has 0 saturated carbocycles. The van der Waals surface area contributed by atoms with E-state index in [1.807, 2.05) is 0 Å². The van der Waals surface area contributed by atoms with Gasteiger partial charge in [0.1, 0.15) is 6.04 Å². The van der Waals surface area contributed by atoms with Crippen molar-refractivity contribution >= 4 is 11.9 Å². The van der Waals surface area contributed by atoms with Crippen molar-refractivity contribution in [3.05, 3.63) is 35.7 Å². The van der Waals surface area contributed by atoms with Crippen LogP contribution in [-0.2, 0) is 4.79 Å². The lowest BCUT2D eigenvalue weighted by Gasteiger charge is -2.17. The number of nitrogens with one attached hydrogen (secondary N) is 1. The minimum Gasteiger partial charge on any atom is -0.480 e. The molecule has 0 bridgehead atoms. The number of carboxylic acid groups (broad SMARTS) is 1. The van der Waals surface area contributed by atoms with Gasteiger partial charge in [-0.3, -0.25) is 4.79 Å². The maximum absolute atomic E-state index is 12.2. The lowest BCUT2D eigenvalue weighted by molar-refractivity contribution is -0.140. The molecular formula is C15H17N3O4. The van der Waals surface area contributed by atoms with Crippen LogP contribution in [0, 0.1) is 12.8 Å². The molecule has 2 aromatic rings. The number of benzene rings is 1. The molecule has 7 nitrogen and oxygen atoms in total. The number of aliphatic carboxylic acids is 1. The van der Waals surface area contributed by atoms with E-state index in [0.717, 1.165) is 0 Å². The standard InChI is InChI=1S/C15H17N3O4/c1-8(2)12(15(20)21)17-14(19)11-6-4-5-10(7-11)13-16-9(3)22-18-13/h4-8,12H,1-3H3,(H,17,19)(H,20,21)/t12-/m0/s1. The Balaban J connectivity index is 2.22. The van der Waals surface area contributed by atoms with Gasteiger partial charge < -0.3 is 14.9 Å². The Morgan fingerprint density at radius 3 is 2.59 bits per heavy atom. The average molecular weight is 303 g/mol. The van der Waals surface area contributed by atoms with Crippen molar-refractivity contribution in [3.8, 4) is 11.4 Å². The predicted molar refractivity (Wildman–Crippen MR) is 78.2 cm³/mol. The van der Waals surface area contributed by atoms with Gasteiger partial charge in [0.15, 0.2) is 0 Å². The van der Waals surface area contributed by atoms with Crippen LogP contribution in [0.3, 0.4) is 0 Å². The van der Waals surface area contributed by atoms with Gasteiger partial charge >= 0.3 is 5.97 Å². The molecule has 0 aliphatic heterocycles. The molecule has 7 heteroatoms. The Morgan fingerprint density at radius 2 is 2.05 bits per heavy atom. The molecule has 2 N–H and O–H groups in total. The highest BCUT2D eigenvalue weighted by Crippen LogP contribution is 2.17. The van der Waals surface area contributed by atoms with Crippen LogP contribution < -0.4 is 5.32 Å². The molecule has 22 heavy (non-hydrogen) atoms. The van der Waals surface area contributed by atoms with E-state index in [1.54, 1.807) is 45.0 Å². The molecule has 116 valence electrons. The summed E-state index contributed by atoms with van der Waals surface area (Å²) in [6.07, 6.45) is 0. The van der Waals surface area contributed by atoms with E-state index in [-0.39, 0.29) is 5.92 Å². The smallest absolute Gasteiger partial charge is 0.326 e. The monoisotopic (exact) mass is 303 g/mol. The molecule has 0 aliphatic rings. The van der Waals surface area contributed by atoms with Gasteiger partial charge in [-0.05, 0) is 18.1 Å². The minimum absolute atomic E-state index is 0.218. The number of amides is 1. The Morgan fingerprint density at radius 1 is 1.32 bits per heavy atom. The Hall–Kier alpha value is -2.70. The van der Waals surface area contributed by atoms with E-state index in [0.29, 0.717) is 22.8 Å². The van der Waals surface area contributed by atoms with Gasteiger partial charge in [0.25, 0.3) is 5.91 Å². The first-order chi connectivity index (χ1) is 10.4. The lowest BCUT2D eigenvalue weighted by atomic mass is 10.0. The van der Waals surface area contributed by atoms with Crippen LogP contribution in [0.5, 0.6) is 0 Å². The number of hydrogen-bond donors (Lipinski definition) is 2. The summed E-state index contributed by atoms with van der Waals surface area (Å²) in [5, 5.41) is 15.4. The number of aryl methyl sites for hydroxylation is 1. The third-order valence-corrected chi connectivity index (χ3v) is 3.13. The maximum atomic E-state index is 12.2. The summed E-state index contributed by atoms with van der Waals surface area (Å²) >= 11 is 0. The van der Waals surface area contributed by atoms with Crippen molar-refractivity contribution in [2.24, 2.45) is 5.92 Å². The number of carbonyl (C=O) groups excluding carboxylic acids is 1. The number of nitrogens with zero attached hydrogens (tertiary/aromatic N) is 2. The van der Waals surface area contributed by atoms with E-state index in [9.17, 15) is 9.59 Å². The highest BCUT2D eigenvalue weighted by Gasteiger charge is 2.24. The van der Waals surface area contributed by atoms with Gasteiger partial charge in [-0.2, -0.15) is 4.98 Å². The van der Waals surface area contributed by atoms with E-state index >= 15 is 0 Å². The summed E-state index contributed by atoms with van der Waals surface area (Å²) in [4.78, 5) is 27.5. The number of hydrogen-bond acceptors (Lipinski definition) is 5. The van der Waals surface area contributed by atoms with Crippen LogP contribution in [0.25, 0.3) is 11.4 Å². The number of rotatable bonds is 5. The zero-order chi connectivity index (χ0) is 16.3. The highest BCUT2D eigenvalue weighted by molar-refractivity contribution is 5.97. The highest BCUT2D eigenvalue weighted by atomic mass is 16.5. The molecule has 0 fully saturated rings. The molecule has 0 spiro atoms. The SMILES string of the molecule is Cc1nc(-c2cccc(C(=O)N[C@H](C(=O)O)C(C)C)c2)no1. The van der Waals surface area contributed by atoms with Crippen LogP contribution in [0.15, 0.2) is 28.8 Å². The minimum atomic E-state index is -1.06.